The summed E-state index contributed by atoms with van der Waals surface area (Å²) in [5, 5.41) is 0. The zero-order valence-electron chi connectivity index (χ0n) is 12.9. The molecular formula is C19H24N2. The van der Waals surface area contributed by atoms with Crippen LogP contribution in [0.2, 0.25) is 0 Å². The third-order valence-electron chi connectivity index (χ3n) is 5.32. The van der Waals surface area contributed by atoms with Crippen molar-refractivity contribution in [3.05, 3.63) is 52.6 Å². The third kappa shape index (κ3) is 2.31. The van der Waals surface area contributed by atoms with Crippen LogP contribution in [0.5, 0.6) is 0 Å². The van der Waals surface area contributed by atoms with E-state index in [2.05, 4.69) is 35.8 Å². The highest BCUT2D eigenvalue weighted by Crippen LogP contribution is 2.34. The minimum Gasteiger partial charge on any atom is -0.331 e. The molecular weight excluding hydrogens is 256 g/mol. The first kappa shape index (κ1) is 13.1. The lowest BCUT2D eigenvalue weighted by Gasteiger charge is -2.27. The van der Waals surface area contributed by atoms with Crippen molar-refractivity contribution in [2.75, 3.05) is 0 Å². The van der Waals surface area contributed by atoms with Gasteiger partial charge in [-0.05, 0) is 63.0 Å². The fourth-order valence-corrected chi connectivity index (χ4v) is 4.24. The maximum Gasteiger partial charge on any atom is 0.106 e. The van der Waals surface area contributed by atoms with Crippen molar-refractivity contribution in [2.45, 2.75) is 64.3 Å². The number of fused-ring (bicyclic) bond motifs is 2. The van der Waals surface area contributed by atoms with Gasteiger partial charge in [-0.15, -0.1) is 0 Å². The molecule has 0 radical (unpaired) electrons. The average Bonchev–Trinajstić information content (AvgIpc) is 2.84. The van der Waals surface area contributed by atoms with Crippen LogP contribution in [-0.4, -0.2) is 9.55 Å². The molecule has 110 valence electrons. The van der Waals surface area contributed by atoms with E-state index < -0.39 is 0 Å². The lowest BCUT2D eigenvalue weighted by Crippen LogP contribution is -2.18. The van der Waals surface area contributed by atoms with Crippen molar-refractivity contribution >= 4 is 0 Å². The SMILES string of the molecule is Cc1nc2c(n1CC1CCCc3ccccc31)CCCC2. The number of hydrogen-bond donors (Lipinski definition) is 0. The van der Waals surface area contributed by atoms with Gasteiger partial charge >= 0.3 is 0 Å². The molecule has 0 fully saturated rings. The molecule has 0 saturated heterocycles. The van der Waals surface area contributed by atoms with Crippen LogP contribution >= 0.6 is 0 Å². The van der Waals surface area contributed by atoms with Gasteiger partial charge in [-0.25, -0.2) is 4.98 Å². The molecule has 2 aromatic rings. The first-order valence-electron chi connectivity index (χ1n) is 8.45. The van der Waals surface area contributed by atoms with Crippen LogP contribution in [0.3, 0.4) is 0 Å². The van der Waals surface area contributed by atoms with Gasteiger partial charge in [0, 0.05) is 18.2 Å². The normalized spacial score (nSPS) is 20.9. The van der Waals surface area contributed by atoms with Gasteiger partial charge < -0.3 is 4.57 Å². The number of imidazole rings is 1. The maximum absolute atomic E-state index is 4.84. The third-order valence-corrected chi connectivity index (χ3v) is 5.32. The van der Waals surface area contributed by atoms with E-state index >= 15 is 0 Å². The van der Waals surface area contributed by atoms with Gasteiger partial charge in [0.05, 0.1) is 5.69 Å². The monoisotopic (exact) mass is 280 g/mol. The van der Waals surface area contributed by atoms with Gasteiger partial charge in [0.15, 0.2) is 0 Å². The van der Waals surface area contributed by atoms with Crippen molar-refractivity contribution in [3.63, 3.8) is 0 Å². The summed E-state index contributed by atoms with van der Waals surface area (Å²) in [6.07, 6.45) is 8.97. The molecule has 0 aliphatic heterocycles. The van der Waals surface area contributed by atoms with E-state index in [-0.39, 0.29) is 0 Å². The van der Waals surface area contributed by atoms with Crippen LogP contribution in [0, 0.1) is 6.92 Å². The first-order chi connectivity index (χ1) is 10.3. The Bertz CT molecular complexity index is 654. The fraction of sp³-hybridized carbons (Fsp3) is 0.526. The Morgan fingerprint density at radius 2 is 1.95 bits per heavy atom. The number of aromatic nitrogens is 2. The van der Waals surface area contributed by atoms with E-state index in [4.69, 9.17) is 4.98 Å². The van der Waals surface area contributed by atoms with Gasteiger partial charge in [-0.3, -0.25) is 0 Å². The molecule has 0 amide bonds. The Balaban J connectivity index is 1.67. The standard InChI is InChI=1S/C19H24N2/c1-14-20-18-11-4-5-12-19(18)21(14)13-16-9-6-8-15-7-2-3-10-17(15)16/h2-3,7,10,16H,4-6,8-9,11-13H2,1H3. The van der Waals surface area contributed by atoms with E-state index in [1.165, 1.54) is 62.2 Å². The summed E-state index contributed by atoms with van der Waals surface area (Å²) >= 11 is 0. The zero-order chi connectivity index (χ0) is 14.2. The van der Waals surface area contributed by atoms with Crippen molar-refractivity contribution in [1.82, 2.24) is 9.55 Å². The van der Waals surface area contributed by atoms with Gasteiger partial charge in [-0.2, -0.15) is 0 Å². The Kier molecular flexibility index (Phi) is 3.33. The lowest BCUT2D eigenvalue weighted by atomic mass is 9.82. The summed E-state index contributed by atoms with van der Waals surface area (Å²) in [7, 11) is 0. The van der Waals surface area contributed by atoms with Crippen LogP contribution in [0.25, 0.3) is 0 Å². The Morgan fingerprint density at radius 1 is 1.10 bits per heavy atom. The van der Waals surface area contributed by atoms with E-state index in [9.17, 15) is 0 Å². The lowest BCUT2D eigenvalue weighted by molar-refractivity contribution is 0.464. The van der Waals surface area contributed by atoms with Crippen LogP contribution in [0.1, 0.15) is 59.9 Å². The molecule has 2 aliphatic rings. The number of rotatable bonds is 2. The molecule has 21 heavy (non-hydrogen) atoms. The number of benzene rings is 1. The van der Waals surface area contributed by atoms with Gasteiger partial charge in [0.2, 0.25) is 0 Å². The largest absolute Gasteiger partial charge is 0.331 e. The second kappa shape index (κ2) is 5.32. The molecule has 0 saturated carbocycles. The van der Waals surface area contributed by atoms with Crippen molar-refractivity contribution < 1.29 is 0 Å². The molecule has 4 rings (SSSR count). The van der Waals surface area contributed by atoms with E-state index in [0.717, 1.165) is 6.54 Å². The summed E-state index contributed by atoms with van der Waals surface area (Å²) in [5.41, 5.74) is 6.06. The van der Waals surface area contributed by atoms with Crippen LogP contribution in [0.15, 0.2) is 24.3 Å². The smallest absolute Gasteiger partial charge is 0.106 e. The molecule has 0 spiro atoms. The zero-order valence-corrected chi connectivity index (χ0v) is 12.9. The molecule has 1 aromatic heterocycles. The highest BCUT2D eigenvalue weighted by molar-refractivity contribution is 5.33. The van der Waals surface area contributed by atoms with Crippen molar-refractivity contribution in [1.29, 1.82) is 0 Å². The van der Waals surface area contributed by atoms with Crippen LogP contribution in [0.4, 0.5) is 0 Å². The van der Waals surface area contributed by atoms with Gasteiger partial charge in [-0.1, -0.05) is 24.3 Å². The average molecular weight is 280 g/mol. The molecule has 2 nitrogen and oxygen atoms in total. The second-order valence-corrected chi connectivity index (χ2v) is 6.66. The van der Waals surface area contributed by atoms with Gasteiger partial charge in [0.1, 0.15) is 5.82 Å². The van der Waals surface area contributed by atoms with Crippen LogP contribution < -0.4 is 0 Å². The highest BCUT2D eigenvalue weighted by atomic mass is 15.1. The molecule has 1 heterocycles. The number of hydrogen-bond acceptors (Lipinski definition) is 1. The second-order valence-electron chi connectivity index (χ2n) is 6.66. The summed E-state index contributed by atoms with van der Waals surface area (Å²) in [4.78, 5) is 4.84. The van der Waals surface area contributed by atoms with Crippen molar-refractivity contribution in [3.8, 4) is 0 Å². The van der Waals surface area contributed by atoms with E-state index in [1.54, 1.807) is 11.1 Å². The van der Waals surface area contributed by atoms with E-state index in [1.807, 2.05) is 0 Å². The molecule has 2 aliphatic carbocycles. The molecule has 1 atom stereocenters. The summed E-state index contributed by atoms with van der Waals surface area (Å²) in [6.45, 7) is 3.32. The predicted octanol–water partition coefficient (Wildman–Crippen LogP) is 4.19. The topological polar surface area (TPSA) is 17.8 Å². The Labute approximate surface area is 127 Å². The number of aryl methyl sites for hydroxylation is 3. The summed E-state index contributed by atoms with van der Waals surface area (Å²) in [5.74, 6) is 1.90. The van der Waals surface area contributed by atoms with Crippen LogP contribution in [-0.2, 0) is 25.8 Å². The Hall–Kier alpha value is -1.57. The number of nitrogens with zero attached hydrogens (tertiary/aromatic N) is 2. The maximum atomic E-state index is 4.84. The summed E-state index contributed by atoms with van der Waals surface area (Å²) in [6, 6.07) is 9.05. The highest BCUT2D eigenvalue weighted by Gasteiger charge is 2.24. The van der Waals surface area contributed by atoms with Gasteiger partial charge in [0.25, 0.3) is 0 Å². The quantitative estimate of drug-likeness (QED) is 0.806. The minimum absolute atomic E-state index is 0.675. The van der Waals surface area contributed by atoms with Crippen molar-refractivity contribution in [2.24, 2.45) is 0 Å². The fourth-order valence-electron chi connectivity index (χ4n) is 4.24. The molecule has 0 N–H and O–H groups in total. The predicted molar refractivity (Wildman–Crippen MR) is 85.7 cm³/mol. The minimum atomic E-state index is 0.675. The summed E-state index contributed by atoms with van der Waals surface area (Å²) < 4.78 is 2.53. The first-order valence-corrected chi connectivity index (χ1v) is 8.45. The molecule has 1 unspecified atom stereocenters. The molecule has 0 bridgehead atoms. The molecule has 2 heteroatoms. The molecule has 1 aromatic carbocycles. The van der Waals surface area contributed by atoms with E-state index in [0.29, 0.717) is 5.92 Å². The Morgan fingerprint density at radius 3 is 2.90 bits per heavy atom.